The number of fused-ring (bicyclic) bond motifs is 1. The van der Waals surface area contributed by atoms with Crippen LogP contribution in [0.2, 0.25) is 0 Å². The van der Waals surface area contributed by atoms with Gasteiger partial charge in [0, 0.05) is 111 Å². The van der Waals surface area contributed by atoms with Crippen molar-refractivity contribution in [1.29, 1.82) is 0 Å². The molecule has 11 aliphatic heterocycles. The van der Waals surface area contributed by atoms with Crippen molar-refractivity contribution >= 4 is 0 Å². The first kappa shape index (κ1) is 42.5. The standard InChI is InChI=1S/C60H52N4O4/c65-57-47-7-1-8-48(57)40-52-12-4-14-54-42-50-10-2-9-49(58(50)66)41-53-13-3-11-51(39-47)59(53)67-37-5-27-61-29-19-43(20-30-61)45-23-33-63(34-24-45)55-15-17-56(18-16-55)64-35-25-46(26-36-64)44-21-31-62(32-22-44)28-6-38-68-60(52)54/h1-4,7-26,29-36H,5-6,27-28,37-42H2/q+2/p+2. The van der Waals surface area contributed by atoms with Crippen LogP contribution in [-0.2, 0) is 38.8 Å². The summed E-state index contributed by atoms with van der Waals surface area (Å²) in [6.07, 6.45) is 20.5. The maximum Gasteiger partial charge on any atom is 0.211 e. The number of benzene rings is 5. The number of hydrogen-bond donors (Lipinski definition) is 2. The minimum Gasteiger partial charge on any atom is -0.507 e. The van der Waals surface area contributed by atoms with Gasteiger partial charge in [0.1, 0.15) is 23.0 Å². The molecule has 9 aromatic rings. The molecule has 5 aromatic carbocycles. The van der Waals surface area contributed by atoms with Crippen LogP contribution in [-0.4, -0.2) is 23.4 Å². The number of ether oxygens (including phenoxy) is 2. The van der Waals surface area contributed by atoms with E-state index < -0.39 is 0 Å². The molecule has 8 heteroatoms. The van der Waals surface area contributed by atoms with Gasteiger partial charge in [0.2, 0.25) is 11.4 Å². The Balaban J connectivity index is 0.939. The van der Waals surface area contributed by atoms with Gasteiger partial charge >= 0.3 is 0 Å². The number of phenolic OH excluding ortho intramolecular Hbond substituents is 2. The van der Waals surface area contributed by atoms with Crippen LogP contribution in [0.25, 0.3) is 33.6 Å². The van der Waals surface area contributed by atoms with Gasteiger partial charge in [0.25, 0.3) is 0 Å². The summed E-state index contributed by atoms with van der Waals surface area (Å²) >= 11 is 0. The van der Waals surface area contributed by atoms with Crippen LogP contribution in [0.15, 0.2) is 195 Å². The number of aromatic nitrogens is 4. The molecular formula is C60H54N4O4+4. The van der Waals surface area contributed by atoms with E-state index in [1.54, 1.807) is 0 Å². The zero-order chi connectivity index (χ0) is 45.8. The van der Waals surface area contributed by atoms with E-state index in [4.69, 9.17) is 9.47 Å². The summed E-state index contributed by atoms with van der Waals surface area (Å²) in [4.78, 5) is 0. The predicted molar refractivity (Wildman–Crippen MR) is 261 cm³/mol. The van der Waals surface area contributed by atoms with Gasteiger partial charge in [0.15, 0.2) is 62.7 Å². The topological polar surface area (TPSA) is 74.4 Å². The molecule has 68 heavy (non-hydrogen) atoms. The molecule has 2 N–H and O–H groups in total. The number of aryl methyl sites for hydroxylation is 2. The summed E-state index contributed by atoms with van der Waals surface area (Å²) in [7, 11) is 0. The Bertz CT molecular complexity index is 2920. The van der Waals surface area contributed by atoms with Crippen LogP contribution in [0, 0.1) is 0 Å². The van der Waals surface area contributed by atoms with Crippen LogP contribution in [0.3, 0.4) is 0 Å². The molecule has 15 heterocycles. The van der Waals surface area contributed by atoms with Crippen molar-refractivity contribution in [2.24, 2.45) is 0 Å². The summed E-state index contributed by atoms with van der Waals surface area (Å²) in [5.74, 6) is 2.19. The second-order valence-corrected chi connectivity index (χ2v) is 17.9. The molecule has 8 nitrogen and oxygen atoms in total. The normalized spacial score (nSPS) is 13.6. The summed E-state index contributed by atoms with van der Waals surface area (Å²) in [5, 5.41) is 23.9. The average molecular weight is 895 g/mol. The van der Waals surface area contributed by atoms with Crippen LogP contribution >= 0.6 is 0 Å². The van der Waals surface area contributed by atoms with E-state index in [-0.39, 0.29) is 11.5 Å². The van der Waals surface area contributed by atoms with Crippen LogP contribution in [0.1, 0.15) is 57.3 Å². The van der Waals surface area contributed by atoms with Gasteiger partial charge in [-0.3, -0.25) is 0 Å². The van der Waals surface area contributed by atoms with Gasteiger partial charge < -0.3 is 19.7 Å². The molecule has 0 radical (unpaired) electrons. The lowest BCUT2D eigenvalue weighted by atomic mass is 9.91. The Kier molecular flexibility index (Phi) is 11.9. The molecule has 12 aliphatic rings. The van der Waals surface area contributed by atoms with Crippen molar-refractivity contribution in [3.63, 3.8) is 0 Å². The number of phenols is 2. The smallest absolute Gasteiger partial charge is 0.211 e. The van der Waals surface area contributed by atoms with Crippen molar-refractivity contribution in [1.82, 2.24) is 0 Å². The first-order valence-corrected chi connectivity index (χ1v) is 23.7. The molecule has 0 unspecified atom stereocenters. The average Bonchev–Trinajstić information content (AvgIpc) is 3.38. The van der Waals surface area contributed by atoms with Gasteiger partial charge in [-0.1, -0.05) is 72.8 Å². The van der Waals surface area contributed by atoms with Crippen molar-refractivity contribution in [3.8, 4) is 56.6 Å². The minimum atomic E-state index is 0.289. The van der Waals surface area contributed by atoms with Crippen molar-refractivity contribution in [3.05, 3.63) is 240 Å². The third-order valence-electron chi connectivity index (χ3n) is 13.5. The van der Waals surface area contributed by atoms with Crippen molar-refractivity contribution in [2.75, 3.05) is 13.2 Å². The molecule has 334 valence electrons. The lowest BCUT2D eigenvalue weighted by Gasteiger charge is -2.20. The molecular weight excluding hydrogens is 841 g/mol. The van der Waals surface area contributed by atoms with Gasteiger partial charge in [-0.05, 0) is 66.8 Å². The van der Waals surface area contributed by atoms with E-state index >= 15 is 0 Å². The highest BCUT2D eigenvalue weighted by Crippen LogP contribution is 2.38. The molecule has 0 fully saturated rings. The number of aromatic hydroxyl groups is 2. The Labute approximate surface area is 397 Å². The van der Waals surface area contributed by atoms with Gasteiger partial charge in [-0.15, -0.1) is 0 Å². The summed E-state index contributed by atoms with van der Waals surface area (Å²) in [6, 6.07) is 50.5. The zero-order valence-corrected chi connectivity index (χ0v) is 38.0. The van der Waals surface area contributed by atoms with E-state index in [0.717, 1.165) is 116 Å². The highest BCUT2D eigenvalue weighted by Gasteiger charge is 2.21. The second-order valence-electron chi connectivity index (χ2n) is 17.9. The van der Waals surface area contributed by atoms with Crippen molar-refractivity contribution in [2.45, 2.75) is 51.6 Å². The van der Waals surface area contributed by atoms with Gasteiger partial charge in [-0.25, -0.2) is 9.13 Å². The van der Waals surface area contributed by atoms with Crippen LogP contribution < -0.4 is 27.7 Å². The fraction of sp³-hybridized carbons (Fsp3) is 0.167. The molecule has 0 saturated heterocycles. The van der Waals surface area contributed by atoms with E-state index in [1.165, 1.54) is 0 Å². The lowest BCUT2D eigenvalue weighted by molar-refractivity contribution is -0.697. The Morgan fingerprint density at radius 1 is 0.324 bits per heavy atom. The number of nitrogens with zero attached hydrogens (tertiary/aromatic N) is 4. The molecule has 0 amide bonds. The fourth-order valence-electron chi connectivity index (χ4n) is 9.70. The largest absolute Gasteiger partial charge is 0.507 e. The quantitative estimate of drug-likeness (QED) is 0.149. The molecule has 0 saturated carbocycles. The molecule has 0 spiro atoms. The highest BCUT2D eigenvalue weighted by atomic mass is 16.5. The molecule has 4 aromatic heterocycles. The van der Waals surface area contributed by atoms with Gasteiger partial charge in [-0.2, -0.15) is 9.13 Å². The number of rotatable bonds is 0. The Morgan fingerprint density at radius 2 is 0.603 bits per heavy atom. The zero-order valence-electron chi connectivity index (χ0n) is 38.0. The number of hydrogen-bond acceptors (Lipinski definition) is 4. The van der Waals surface area contributed by atoms with Gasteiger partial charge in [0.05, 0.1) is 13.2 Å². The van der Waals surface area contributed by atoms with E-state index in [0.29, 0.717) is 38.9 Å². The van der Waals surface area contributed by atoms with E-state index in [1.807, 2.05) is 36.4 Å². The SMILES string of the molecule is Oc1c2cccc1Cc1cccc3c1OCCC[n+]1ccc(cc1)-c1cc[n+](cc1)-c1ccc(cc1)-[n+]1ccc(cc1)-c1cc[n+](cc1)CCCOc1c(cccc1Cc1cccc(c1O)C3)C2. The first-order chi connectivity index (χ1) is 33.5. The maximum atomic E-state index is 12.0. The molecule has 21 rings (SSSR count). The lowest BCUT2D eigenvalue weighted by Crippen LogP contribution is -2.33. The number of para-hydroxylation sites is 4. The summed E-state index contributed by atoms with van der Waals surface area (Å²) in [6.45, 7) is 2.58. The minimum absolute atomic E-state index is 0.289. The third kappa shape index (κ3) is 9.05. The maximum absolute atomic E-state index is 12.0. The second kappa shape index (κ2) is 19.0. The van der Waals surface area contributed by atoms with E-state index in [2.05, 4.69) is 177 Å². The number of pyridine rings is 4. The van der Waals surface area contributed by atoms with E-state index in [9.17, 15) is 10.2 Å². The first-order valence-electron chi connectivity index (χ1n) is 23.7. The molecule has 20 bridgehead atoms. The Morgan fingerprint density at radius 3 is 0.912 bits per heavy atom. The monoisotopic (exact) mass is 894 g/mol. The summed E-state index contributed by atoms with van der Waals surface area (Å²) in [5.41, 5.74) is 14.1. The van der Waals surface area contributed by atoms with Crippen LogP contribution in [0.5, 0.6) is 23.0 Å². The molecule has 1 aliphatic carbocycles. The predicted octanol–water partition coefficient (Wildman–Crippen LogP) is 9.49. The van der Waals surface area contributed by atoms with Crippen molar-refractivity contribution < 1.29 is 38.0 Å². The van der Waals surface area contributed by atoms with Crippen LogP contribution in [0.4, 0.5) is 0 Å². The highest BCUT2D eigenvalue weighted by molar-refractivity contribution is 5.62. The Hall–Kier alpha value is -8.10. The molecule has 0 atom stereocenters. The summed E-state index contributed by atoms with van der Waals surface area (Å²) < 4.78 is 22.2. The third-order valence-corrected chi connectivity index (χ3v) is 13.5. The fourth-order valence-corrected chi connectivity index (χ4v) is 9.70.